The fourth-order valence-corrected chi connectivity index (χ4v) is 3.79. The van der Waals surface area contributed by atoms with E-state index < -0.39 is 17.7 Å². The molecule has 1 aliphatic heterocycles. The van der Waals surface area contributed by atoms with Crippen molar-refractivity contribution in [1.82, 2.24) is 4.90 Å². The van der Waals surface area contributed by atoms with Crippen LogP contribution in [0.3, 0.4) is 0 Å². The highest BCUT2D eigenvalue weighted by Crippen LogP contribution is 2.35. The average molecular weight is 407 g/mol. The van der Waals surface area contributed by atoms with E-state index in [0.717, 1.165) is 29.0 Å². The topological polar surface area (TPSA) is 49.8 Å². The number of carboxylic acids is 1. The zero-order valence-electron chi connectivity index (χ0n) is 16.2. The Hall–Kier alpha value is -2.54. The molecule has 0 amide bonds. The van der Waals surface area contributed by atoms with Crippen LogP contribution >= 0.6 is 0 Å². The van der Waals surface area contributed by atoms with Gasteiger partial charge in [0, 0.05) is 0 Å². The van der Waals surface area contributed by atoms with Gasteiger partial charge in [-0.1, -0.05) is 24.3 Å². The van der Waals surface area contributed by atoms with Crippen LogP contribution in [0.1, 0.15) is 42.5 Å². The van der Waals surface area contributed by atoms with Gasteiger partial charge in [0.25, 0.3) is 0 Å². The number of hydrogen-bond donors (Lipinski definition) is 1. The van der Waals surface area contributed by atoms with Crippen LogP contribution in [0.2, 0.25) is 0 Å². The molecule has 0 saturated carbocycles. The minimum Gasteiger partial charge on any atom is -0.494 e. The molecule has 2 aromatic carbocycles. The summed E-state index contributed by atoms with van der Waals surface area (Å²) in [4.78, 5) is 13.4. The summed E-state index contributed by atoms with van der Waals surface area (Å²) in [5.41, 5.74) is 0.995. The Morgan fingerprint density at radius 3 is 2.03 bits per heavy atom. The van der Waals surface area contributed by atoms with Gasteiger partial charge in [-0.2, -0.15) is 13.2 Å². The van der Waals surface area contributed by atoms with E-state index in [2.05, 4.69) is 4.90 Å². The number of nitrogens with zero attached hydrogens (tertiary/aromatic N) is 1. The molecule has 1 heterocycles. The third-order valence-electron chi connectivity index (χ3n) is 5.30. The van der Waals surface area contributed by atoms with Crippen LogP contribution < -0.4 is 4.74 Å². The summed E-state index contributed by atoms with van der Waals surface area (Å²) < 4.78 is 44.3. The number of rotatable bonds is 6. The van der Waals surface area contributed by atoms with Gasteiger partial charge >= 0.3 is 12.1 Å². The van der Waals surface area contributed by atoms with Crippen LogP contribution in [0.4, 0.5) is 13.2 Å². The van der Waals surface area contributed by atoms with Crippen molar-refractivity contribution in [1.29, 1.82) is 0 Å². The lowest BCUT2D eigenvalue weighted by Gasteiger charge is -2.37. The molecule has 0 radical (unpaired) electrons. The normalized spacial score (nSPS) is 17.1. The van der Waals surface area contributed by atoms with Crippen molar-refractivity contribution in [2.75, 3.05) is 19.7 Å². The largest absolute Gasteiger partial charge is 0.494 e. The highest BCUT2D eigenvalue weighted by molar-refractivity contribution is 5.70. The van der Waals surface area contributed by atoms with Crippen LogP contribution in [-0.2, 0) is 11.0 Å². The van der Waals surface area contributed by atoms with Crippen molar-refractivity contribution in [3.05, 3.63) is 65.2 Å². The van der Waals surface area contributed by atoms with E-state index in [1.807, 2.05) is 31.2 Å². The van der Waals surface area contributed by atoms with Crippen molar-refractivity contribution >= 4 is 5.97 Å². The summed E-state index contributed by atoms with van der Waals surface area (Å²) in [6.07, 6.45) is -3.35. The lowest BCUT2D eigenvalue weighted by molar-refractivity contribution is -0.143. The van der Waals surface area contributed by atoms with Gasteiger partial charge in [0.1, 0.15) is 5.75 Å². The van der Waals surface area contributed by atoms with E-state index >= 15 is 0 Å². The third-order valence-corrected chi connectivity index (χ3v) is 5.30. The lowest BCUT2D eigenvalue weighted by Crippen LogP contribution is -2.39. The molecule has 1 fully saturated rings. The van der Waals surface area contributed by atoms with Crippen molar-refractivity contribution in [2.24, 2.45) is 5.92 Å². The highest BCUT2D eigenvalue weighted by atomic mass is 19.4. The van der Waals surface area contributed by atoms with E-state index in [1.54, 1.807) is 0 Å². The maximum absolute atomic E-state index is 13.0. The van der Waals surface area contributed by atoms with Gasteiger partial charge in [-0.25, -0.2) is 0 Å². The maximum Gasteiger partial charge on any atom is 0.416 e. The molecule has 0 spiro atoms. The Morgan fingerprint density at radius 2 is 1.59 bits per heavy atom. The minimum absolute atomic E-state index is 0.247. The predicted octanol–water partition coefficient (Wildman–Crippen LogP) is 4.99. The van der Waals surface area contributed by atoms with Gasteiger partial charge in [0.2, 0.25) is 0 Å². The van der Waals surface area contributed by atoms with E-state index in [0.29, 0.717) is 32.5 Å². The number of ether oxygens (including phenoxy) is 1. The molecule has 7 heteroatoms. The molecule has 0 aromatic heterocycles. The monoisotopic (exact) mass is 407 g/mol. The standard InChI is InChI=1S/C22H24F3NO3/c1-2-29-19-9-5-16(6-10-19)20(26-13-11-17(12-14-26)21(27)28)15-3-7-18(8-4-15)22(23,24)25/h3-10,17,20H,2,11-14H2,1H3,(H,27,28). The molecule has 1 N–H and O–H groups in total. The first-order valence-corrected chi connectivity index (χ1v) is 9.66. The summed E-state index contributed by atoms with van der Waals surface area (Å²) in [5.74, 6) is -0.441. The maximum atomic E-state index is 13.0. The van der Waals surface area contributed by atoms with Gasteiger partial charge in [-0.15, -0.1) is 0 Å². The van der Waals surface area contributed by atoms with Crippen LogP contribution in [-0.4, -0.2) is 35.7 Å². The Balaban J connectivity index is 1.90. The van der Waals surface area contributed by atoms with Crippen molar-refractivity contribution in [2.45, 2.75) is 32.0 Å². The fourth-order valence-electron chi connectivity index (χ4n) is 3.79. The number of piperidine rings is 1. The van der Waals surface area contributed by atoms with Crippen LogP contribution in [0.5, 0.6) is 5.75 Å². The Kier molecular flexibility index (Phi) is 6.47. The molecule has 29 heavy (non-hydrogen) atoms. The summed E-state index contributed by atoms with van der Waals surface area (Å²) in [6.45, 7) is 3.57. The summed E-state index contributed by atoms with van der Waals surface area (Å²) in [6, 6.07) is 12.5. The number of benzene rings is 2. The van der Waals surface area contributed by atoms with E-state index in [1.165, 1.54) is 12.1 Å². The number of aliphatic carboxylic acids is 1. The number of carbonyl (C=O) groups is 1. The van der Waals surface area contributed by atoms with E-state index in [-0.39, 0.29) is 12.0 Å². The van der Waals surface area contributed by atoms with Gasteiger partial charge in [-0.3, -0.25) is 9.69 Å². The molecule has 0 aliphatic carbocycles. The van der Waals surface area contributed by atoms with Gasteiger partial charge < -0.3 is 9.84 Å². The van der Waals surface area contributed by atoms with E-state index in [9.17, 15) is 23.1 Å². The predicted molar refractivity (Wildman–Crippen MR) is 103 cm³/mol. The summed E-state index contributed by atoms with van der Waals surface area (Å²) in [5, 5.41) is 9.25. The third kappa shape index (κ3) is 5.09. The summed E-state index contributed by atoms with van der Waals surface area (Å²) in [7, 11) is 0. The molecule has 0 bridgehead atoms. The van der Waals surface area contributed by atoms with Gasteiger partial charge in [0.15, 0.2) is 0 Å². The van der Waals surface area contributed by atoms with Gasteiger partial charge in [0.05, 0.1) is 24.1 Å². The van der Waals surface area contributed by atoms with E-state index in [4.69, 9.17) is 4.74 Å². The number of carboxylic acid groups (broad SMARTS) is 1. The molecule has 3 rings (SSSR count). The Labute approximate surface area is 167 Å². The molecular formula is C22H24F3NO3. The SMILES string of the molecule is CCOc1ccc(C(c2ccc(C(F)(F)F)cc2)N2CCC(C(=O)O)CC2)cc1. The van der Waals surface area contributed by atoms with Crippen LogP contribution in [0.25, 0.3) is 0 Å². The molecule has 1 atom stereocenters. The van der Waals surface area contributed by atoms with Crippen LogP contribution in [0, 0.1) is 5.92 Å². The second-order valence-corrected chi connectivity index (χ2v) is 7.17. The number of halogens is 3. The fraction of sp³-hybridized carbons (Fsp3) is 0.409. The summed E-state index contributed by atoms with van der Waals surface area (Å²) >= 11 is 0. The second-order valence-electron chi connectivity index (χ2n) is 7.17. The molecular weight excluding hydrogens is 383 g/mol. The molecule has 156 valence electrons. The minimum atomic E-state index is -4.38. The van der Waals surface area contributed by atoms with Crippen molar-refractivity contribution in [3.63, 3.8) is 0 Å². The molecule has 2 aromatic rings. The zero-order chi connectivity index (χ0) is 21.0. The molecule has 1 aliphatic rings. The Morgan fingerprint density at radius 1 is 1.07 bits per heavy atom. The van der Waals surface area contributed by atoms with Gasteiger partial charge in [-0.05, 0) is 68.2 Å². The number of likely N-dealkylation sites (tertiary alicyclic amines) is 1. The second kappa shape index (κ2) is 8.86. The molecule has 4 nitrogen and oxygen atoms in total. The lowest BCUT2D eigenvalue weighted by atomic mass is 9.91. The molecule has 1 unspecified atom stereocenters. The first kappa shape index (κ1) is 21.2. The smallest absolute Gasteiger partial charge is 0.416 e. The molecule has 1 saturated heterocycles. The number of alkyl halides is 3. The number of hydrogen-bond acceptors (Lipinski definition) is 3. The van der Waals surface area contributed by atoms with Crippen molar-refractivity contribution in [3.8, 4) is 5.75 Å². The average Bonchev–Trinajstić information content (AvgIpc) is 2.70. The quantitative estimate of drug-likeness (QED) is 0.733. The first-order valence-electron chi connectivity index (χ1n) is 9.66. The first-order chi connectivity index (χ1) is 13.8. The van der Waals surface area contributed by atoms with Crippen molar-refractivity contribution < 1.29 is 27.8 Å². The zero-order valence-corrected chi connectivity index (χ0v) is 16.2. The van der Waals surface area contributed by atoms with Crippen LogP contribution in [0.15, 0.2) is 48.5 Å². The highest BCUT2D eigenvalue weighted by Gasteiger charge is 2.32. The Bertz CT molecular complexity index is 811.